The minimum Gasteiger partial charge on any atom is -0.505 e. The zero-order valence-electron chi connectivity index (χ0n) is 30.9. The Morgan fingerprint density at radius 3 is 2.14 bits per heavy atom. The van der Waals surface area contributed by atoms with Crippen LogP contribution in [0.25, 0.3) is 10.8 Å². The Kier molecular flexibility index (Phi) is 9.37. The molecule has 0 spiro atoms. The van der Waals surface area contributed by atoms with Gasteiger partial charge in [0.15, 0.2) is 34.5 Å². The highest BCUT2D eigenvalue weighted by molar-refractivity contribution is 6.34. The van der Waals surface area contributed by atoms with E-state index in [9.17, 15) is 39.1 Å². The van der Waals surface area contributed by atoms with Gasteiger partial charge in [0.2, 0.25) is 5.91 Å². The summed E-state index contributed by atoms with van der Waals surface area (Å²) in [5.74, 6) is -12.9. The fourth-order valence-corrected chi connectivity index (χ4v) is 8.91. The lowest BCUT2D eigenvalue weighted by Gasteiger charge is -2.64. The van der Waals surface area contributed by atoms with Gasteiger partial charge in [0.25, 0.3) is 0 Å². The molecule has 0 saturated heterocycles. The van der Waals surface area contributed by atoms with Crippen molar-refractivity contribution < 1.29 is 43.4 Å². The molecule has 296 valence electrons. The van der Waals surface area contributed by atoms with Gasteiger partial charge >= 0.3 is 12.1 Å². The zero-order valence-corrected chi connectivity index (χ0v) is 30.9. The number of amides is 4. The zero-order chi connectivity index (χ0) is 42.1. The van der Waals surface area contributed by atoms with E-state index >= 15 is 4.79 Å². The number of nitrogens with two attached hydrogens (primary N) is 4. The van der Waals surface area contributed by atoms with E-state index in [4.69, 9.17) is 27.7 Å². The van der Waals surface area contributed by atoms with E-state index in [0.29, 0.717) is 11.1 Å². The number of rotatable bonds is 6. The number of hydrogen-bond acceptors (Lipinski definition) is 14. The SMILES string of the molecule is CN(C)[C@@H]1C(=O)C(C(N)=O)C(=O)[C@@]2(C#N)C(=O)C3C(=O)c4c(ccc(NC(=O)Nc5cccc6ccccc56)c4O)[C@H](N)[C@@]3(N)[C@H](OC(=O)Nc3ccccc3)[C@@]12N. The number of phenolic OH excluding ortho intramolecular Hbond substituents is 1. The number of ether oxygens (including phenoxy) is 1. The maximum atomic E-state index is 15.1. The molecule has 0 aromatic heterocycles. The molecule has 8 atom stereocenters. The number of ketones is 4. The molecule has 4 aromatic rings. The molecule has 58 heavy (non-hydrogen) atoms. The first-order valence-corrected chi connectivity index (χ1v) is 17.8. The summed E-state index contributed by atoms with van der Waals surface area (Å²) in [6, 6.07) is 19.7. The van der Waals surface area contributed by atoms with E-state index in [1.165, 1.54) is 38.4 Å². The monoisotopic (exact) mass is 787 g/mol. The van der Waals surface area contributed by atoms with Crippen molar-refractivity contribution >= 4 is 69.0 Å². The second-order valence-corrected chi connectivity index (χ2v) is 14.7. The van der Waals surface area contributed by atoms with Crippen LogP contribution in [-0.2, 0) is 23.9 Å². The number of nitrogens with zero attached hydrogens (tertiary/aromatic N) is 2. The molecule has 18 heteroatoms. The number of nitriles is 1. The van der Waals surface area contributed by atoms with Gasteiger partial charge in [-0.05, 0) is 49.3 Å². The lowest BCUT2D eigenvalue weighted by atomic mass is 9.41. The van der Waals surface area contributed by atoms with Crippen molar-refractivity contribution in [2.75, 3.05) is 30.0 Å². The molecular weight excluding hydrogens is 750 g/mol. The number of urea groups is 1. The van der Waals surface area contributed by atoms with Crippen LogP contribution >= 0.6 is 0 Å². The molecule has 0 bridgehead atoms. The molecule has 0 heterocycles. The van der Waals surface area contributed by atoms with Crippen LogP contribution in [0, 0.1) is 28.6 Å². The Labute approximate surface area is 329 Å². The van der Waals surface area contributed by atoms with Gasteiger partial charge in [-0.25, -0.2) is 9.59 Å². The van der Waals surface area contributed by atoms with Crippen LogP contribution in [0.1, 0.15) is 22.0 Å². The summed E-state index contributed by atoms with van der Waals surface area (Å²) in [6.45, 7) is 0. The van der Waals surface area contributed by atoms with Crippen molar-refractivity contribution in [1.29, 1.82) is 5.26 Å². The first-order valence-electron chi connectivity index (χ1n) is 17.8. The van der Waals surface area contributed by atoms with E-state index in [2.05, 4.69) is 16.0 Å². The average molecular weight is 788 g/mol. The van der Waals surface area contributed by atoms with Crippen LogP contribution in [0.3, 0.4) is 0 Å². The van der Waals surface area contributed by atoms with Gasteiger partial charge in [-0.15, -0.1) is 0 Å². The van der Waals surface area contributed by atoms with Crippen molar-refractivity contribution in [3.8, 4) is 11.8 Å². The standard InChI is InChI=1S/C40H37N9O9/c1-49(2)31-29(52)25(34(43)55)32(53)38(17-41)33(54)26-28(51)24-21(30(42)39(26,44)35(40(31,38)45)58-37(57)46-19-11-4-3-5-12-19)15-16-23(27(24)50)48-36(56)47-22-14-8-10-18-9-6-7-13-20(18)22/h3-16,25-26,30-31,35,50H,42,44-45H2,1-2H3,(H2,43,55)(H,46,57)(H2,47,48,56)/t25?,26?,30-,31+,35-,38-,39+,40-/m0/s1. The Balaban J connectivity index is 1.38. The second-order valence-electron chi connectivity index (χ2n) is 14.7. The topological polar surface area (TPSA) is 316 Å². The minimum atomic E-state index is -3.31. The number of likely N-dealkylation sites (N-methyl/N-ethyl adjacent to an activating group) is 1. The third kappa shape index (κ3) is 5.36. The number of fused-ring (bicyclic) bond motifs is 4. The normalized spacial score (nSPS) is 28.7. The molecule has 4 aromatic carbocycles. The molecule has 18 nitrogen and oxygen atoms in total. The van der Waals surface area contributed by atoms with Crippen molar-refractivity contribution in [3.63, 3.8) is 0 Å². The van der Waals surface area contributed by atoms with Crippen LogP contribution in [0.2, 0.25) is 0 Å². The number of primary amides is 1. The molecule has 7 rings (SSSR count). The van der Waals surface area contributed by atoms with Crippen molar-refractivity contribution in [2.24, 2.45) is 40.2 Å². The Bertz CT molecular complexity index is 2520. The molecule has 12 N–H and O–H groups in total. The highest BCUT2D eigenvalue weighted by Gasteiger charge is 2.84. The van der Waals surface area contributed by atoms with Gasteiger partial charge in [-0.2, -0.15) is 5.26 Å². The van der Waals surface area contributed by atoms with Crippen molar-refractivity contribution in [3.05, 3.63) is 96.1 Å². The highest BCUT2D eigenvalue weighted by Crippen LogP contribution is 2.59. The third-order valence-corrected chi connectivity index (χ3v) is 11.4. The molecule has 0 aliphatic heterocycles. The summed E-state index contributed by atoms with van der Waals surface area (Å²) in [5, 5.41) is 31.7. The van der Waals surface area contributed by atoms with E-state index in [1.807, 2.05) is 18.2 Å². The highest BCUT2D eigenvalue weighted by atomic mass is 16.6. The molecule has 4 amide bonds. The lowest BCUT2D eigenvalue weighted by Crippen LogP contribution is -2.92. The number of carbonyl (C=O) groups excluding carboxylic acids is 7. The molecule has 2 fully saturated rings. The van der Waals surface area contributed by atoms with E-state index in [1.54, 1.807) is 48.5 Å². The lowest BCUT2D eigenvalue weighted by molar-refractivity contribution is -0.181. The van der Waals surface area contributed by atoms with Crippen LogP contribution in [0.5, 0.6) is 5.75 Å². The Morgan fingerprint density at radius 2 is 1.48 bits per heavy atom. The summed E-state index contributed by atoms with van der Waals surface area (Å²) < 4.78 is 5.91. The fraction of sp³-hybridized carbons (Fsp3) is 0.250. The van der Waals surface area contributed by atoms with E-state index in [-0.39, 0.29) is 16.9 Å². The van der Waals surface area contributed by atoms with Gasteiger partial charge in [-0.3, -0.25) is 34.2 Å². The average Bonchev–Trinajstić information content (AvgIpc) is 3.17. The smallest absolute Gasteiger partial charge is 0.412 e. The van der Waals surface area contributed by atoms with Crippen LogP contribution in [-0.4, -0.2) is 88.5 Å². The van der Waals surface area contributed by atoms with E-state index < -0.39 is 99.0 Å². The van der Waals surface area contributed by atoms with Gasteiger partial charge in [0.1, 0.15) is 23.3 Å². The van der Waals surface area contributed by atoms with Crippen LogP contribution in [0.4, 0.5) is 26.7 Å². The molecule has 3 aliphatic carbocycles. The molecule has 2 saturated carbocycles. The van der Waals surface area contributed by atoms with Gasteiger partial charge in [0.05, 0.1) is 40.6 Å². The number of hydrogen-bond donors (Lipinski definition) is 8. The number of nitrogens with one attached hydrogen (secondary N) is 3. The van der Waals surface area contributed by atoms with Crippen molar-refractivity contribution in [2.45, 2.75) is 29.3 Å². The number of phenols is 1. The summed E-state index contributed by atoms with van der Waals surface area (Å²) in [6.07, 6.45) is -3.61. The van der Waals surface area contributed by atoms with Gasteiger partial charge in [-0.1, -0.05) is 60.7 Å². The summed E-state index contributed by atoms with van der Waals surface area (Å²) >= 11 is 0. The number of aromatic hydroxyl groups is 1. The van der Waals surface area contributed by atoms with Crippen LogP contribution in [0.15, 0.2) is 84.9 Å². The van der Waals surface area contributed by atoms with Gasteiger partial charge < -0.3 is 43.4 Å². The Hall–Kier alpha value is -7.04. The molecular formula is C40H37N9O9. The molecule has 2 unspecified atom stereocenters. The fourth-order valence-electron chi connectivity index (χ4n) is 8.91. The number of anilines is 3. The molecule has 0 radical (unpaired) electrons. The molecule has 3 aliphatic rings. The quantitative estimate of drug-likeness (QED) is 0.101. The first kappa shape index (κ1) is 39.2. The largest absolute Gasteiger partial charge is 0.505 e. The number of carbonyl (C=O) groups is 7. The van der Waals surface area contributed by atoms with E-state index in [0.717, 1.165) is 10.3 Å². The predicted octanol–water partition coefficient (Wildman–Crippen LogP) is 1.29. The minimum absolute atomic E-state index is 0.192. The summed E-state index contributed by atoms with van der Waals surface area (Å²) in [5.41, 5.74) is 17.1. The number of benzene rings is 4. The summed E-state index contributed by atoms with van der Waals surface area (Å²) in [4.78, 5) is 99.4. The Morgan fingerprint density at radius 1 is 0.845 bits per heavy atom. The third-order valence-electron chi connectivity index (χ3n) is 11.4. The van der Waals surface area contributed by atoms with Crippen molar-refractivity contribution in [1.82, 2.24) is 4.90 Å². The van der Waals surface area contributed by atoms with Crippen LogP contribution < -0.4 is 38.9 Å². The second kappa shape index (κ2) is 13.9. The first-order chi connectivity index (χ1) is 27.5. The van der Waals surface area contributed by atoms with Gasteiger partial charge in [0, 0.05) is 11.1 Å². The maximum absolute atomic E-state index is 15.1. The number of para-hydroxylation sites is 1. The summed E-state index contributed by atoms with van der Waals surface area (Å²) in [7, 11) is 2.58. The maximum Gasteiger partial charge on any atom is 0.412 e. The number of Topliss-reactive ketones (excluding diaryl/α,β-unsaturated/α-hetero) is 4. The predicted molar refractivity (Wildman–Crippen MR) is 207 cm³/mol.